The van der Waals surface area contributed by atoms with Gasteiger partial charge in [-0.2, -0.15) is 16.6 Å². The SMILES string of the molecule is N#Cc1ccc(-c2c3n(c4cccnc24)CCN(C2CC2)C3=O)cc1.O=C1c2c(-c3cc(F)c(F)c(F)c3)c3ncccc3n2CCN1C1CC1.O=C1c2c(-c3cccc(F)c3)c3ncccc3n2CCN1C1CC1.O=C1c2c(-c3ccccc3)c3ncccc3n2CCN1C1CC1.O=C1c2c(-c3ccsc3)c3ncccc3n2CCN1C1CC1. The first-order chi connectivity index (χ1) is 58.8. The molecule has 21 nitrogen and oxygen atoms in total. The molecule has 5 aliphatic heterocycles. The van der Waals surface area contributed by atoms with Crippen molar-refractivity contribution in [3.63, 3.8) is 0 Å². The highest BCUT2D eigenvalue weighted by Crippen LogP contribution is 2.46. The smallest absolute Gasteiger partial charge is 0.271 e. The molecule has 0 saturated heterocycles. The molecule has 15 aromatic rings. The van der Waals surface area contributed by atoms with Crippen molar-refractivity contribution in [1.82, 2.24) is 72.3 Å². The number of pyridine rings is 5. The summed E-state index contributed by atoms with van der Waals surface area (Å²) in [5, 5.41) is 13.2. The molecule has 598 valence electrons. The van der Waals surface area contributed by atoms with E-state index in [9.17, 15) is 41.5 Å². The van der Waals surface area contributed by atoms with Gasteiger partial charge in [0.1, 0.15) is 34.3 Å². The Morgan fingerprint density at radius 2 is 0.625 bits per heavy atom. The van der Waals surface area contributed by atoms with Crippen LogP contribution in [0.1, 0.15) is 122 Å². The van der Waals surface area contributed by atoms with Crippen LogP contribution in [0.5, 0.6) is 0 Å². The van der Waals surface area contributed by atoms with E-state index >= 15 is 0 Å². The maximum atomic E-state index is 13.8. The average molecular weight is 1620 g/mol. The minimum absolute atomic E-state index is 0.0426. The highest BCUT2D eigenvalue weighted by Gasteiger charge is 2.45. The van der Waals surface area contributed by atoms with Gasteiger partial charge in [0, 0.05) is 154 Å². The van der Waals surface area contributed by atoms with Gasteiger partial charge in [-0.05, 0) is 206 Å². The molecule has 5 amide bonds. The Morgan fingerprint density at radius 1 is 0.317 bits per heavy atom. The number of nitrogens with zero attached hydrogens (tertiary/aromatic N) is 16. The van der Waals surface area contributed by atoms with Gasteiger partial charge in [0.25, 0.3) is 29.5 Å². The molecule has 120 heavy (non-hydrogen) atoms. The first-order valence-corrected chi connectivity index (χ1v) is 42.1. The predicted molar refractivity (Wildman–Crippen MR) is 449 cm³/mol. The fourth-order valence-corrected chi connectivity index (χ4v) is 19.1. The van der Waals surface area contributed by atoms with Gasteiger partial charge in [-0.3, -0.25) is 48.9 Å². The third-order valence-electron chi connectivity index (χ3n) is 24.7. The Labute approximate surface area is 689 Å². The maximum Gasteiger partial charge on any atom is 0.271 e. The molecular formula is C94H78F4N16O5S. The fourth-order valence-electron chi connectivity index (χ4n) is 18.5. The Bertz CT molecular complexity index is 6720. The number of aromatic nitrogens is 10. The van der Waals surface area contributed by atoms with Crippen LogP contribution >= 0.6 is 11.3 Å². The standard InChI is InChI=1S/C20H16N4O.C19H14F3N3O.C19H16FN3O.C19H17N3O.C17H15N3OS/c21-12-13-3-5-14(6-4-13)17-18-16(2-1-9-22-18)24-11-10-23(15-7-8-15)20(25)19(17)24;20-12-8-10(9-13(21)16(12)22)15-17-14(2-1-5-23-17)25-7-6-24(11-3-4-11)19(26)18(15)25;20-13-4-1-3-12(11-13)16-17-15(5-2-8-21-17)23-10-9-22(14-6-7-14)19(24)18(16)23;23-19-18-16(13-5-2-1-3-6-13)17-15(7-4-10-20-17)22(18)12-11-21(19)14-8-9-14;21-17-16-14(11-5-9-22-10-11)15-13(2-1-6-18-15)20(16)8-7-19(17)12-3-4-12/h1-6,9,15H,7-8,10-11H2;1-2,5,8-9,11H,3-4,6-7H2;1-5,8,11,14H,6-7,9-10H2;1-7,10,14H,8-9,11-12H2;1-2,5-6,9-10,12H,3-4,7-8H2. The Kier molecular flexibility index (Phi) is 18.5. The van der Waals surface area contributed by atoms with Crippen molar-refractivity contribution in [2.75, 3.05) is 32.7 Å². The summed E-state index contributed by atoms with van der Waals surface area (Å²) in [7, 11) is 0. The first-order valence-electron chi connectivity index (χ1n) is 41.2. The normalized spacial score (nSPS) is 17.3. The number of thiophene rings is 1. The summed E-state index contributed by atoms with van der Waals surface area (Å²) in [5.74, 6) is -4.09. The summed E-state index contributed by atoms with van der Waals surface area (Å²) in [4.78, 5) is 98.1. The largest absolute Gasteiger partial charge is 0.333 e. The molecule has 0 bridgehead atoms. The van der Waals surface area contributed by atoms with Gasteiger partial charge in [0.05, 0.1) is 66.8 Å². The van der Waals surface area contributed by atoms with E-state index in [2.05, 4.69) is 95.6 Å². The number of nitriles is 1. The molecule has 0 spiro atoms. The lowest BCUT2D eigenvalue weighted by Crippen LogP contribution is -2.41. The number of amides is 5. The van der Waals surface area contributed by atoms with Crippen molar-refractivity contribution in [1.29, 1.82) is 5.26 Å². The van der Waals surface area contributed by atoms with E-state index in [0.717, 1.165) is 234 Å². The van der Waals surface area contributed by atoms with Crippen LogP contribution in [-0.4, -0.2) is 165 Å². The summed E-state index contributed by atoms with van der Waals surface area (Å²) in [5.41, 5.74) is 20.7. The van der Waals surface area contributed by atoms with Crippen LogP contribution in [-0.2, 0) is 32.7 Å². The van der Waals surface area contributed by atoms with Gasteiger partial charge in [-0.1, -0.05) is 54.6 Å². The number of hydrogen-bond acceptors (Lipinski definition) is 12. The number of fused-ring (bicyclic) bond motifs is 15. The molecule has 0 unspecified atom stereocenters. The molecule has 4 aromatic carbocycles. The third-order valence-corrected chi connectivity index (χ3v) is 25.4. The lowest BCUT2D eigenvalue weighted by atomic mass is 10.0. The molecule has 5 saturated carbocycles. The van der Waals surface area contributed by atoms with Crippen molar-refractivity contribution in [3.05, 3.63) is 257 Å². The number of halogens is 4. The second-order valence-electron chi connectivity index (χ2n) is 32.2. The predicted octanol–water partition coefficient (Wildman–Crippen LogP) is 17.1. The lowest BCUT2D eigenvalue weighted by molar-refractivity contribution is 0.0686. The molecule has 26 heteroatoms. The van der Waals surface area contributed by atoms with Crippen LogP contribution in [0.3, 0.4) is 0 Å². The van der Waals surface area contributed by atoms with Crippen LogP contribution in [0.2, 0.25) is 0 Å². The molecule has 0 atom stereocenters. The molecule has 16 heterocycles. The zero-order valence-electron chi connectivity index (χ0n) is 65.2. The maximum absolute atomic E-state index is 13.8. The molecule has 11 aromatic heterocycles. The number of carbonyl (C=O) groups is 5. The van der Waals surface area contributed by atoms with E-state index in [1.54, 1.807) is 54.2 Å². The van der Waals surface area contributed by atoms with Crippen LogP contribution in [0.25, 0.3) is 111 Å². The Morgan fingerprint density at radius 3 is 0.933 bits per heavy atom. The van der Waals surface area contributed by atoms with Crippen LogP contribution in [0.15, 0.2) is 199 Å². The van der Waals surface area contributed by atoms with Gasteiger partial charge in [-0.25, -0.2) is 17.6 Å². The highest BCUT2D eigenvalue weighted by atomic mass is 32.1. The summed E-state index contributed by atoms with van der Waals surface area (Å²) in [6, 6.07) is 51.4. The summed E-state index contributed by atoms with van der Waals surface area (Å²) >= 11 is 1.66. The van der Waals surface area contributed by atoms with Gasteiger partial charge >= 0.3 is 0 Å². The summed E-state index contributed by atoms with van der Waals surface area (Å²) in [6.07, 6.45) is 19.6. The Balaban J connectivity index is 0.0000000929. The zero-order chi connectivity index (χ0) is 81.3. The molecular weight excluding hydrogens is 1540 g/mol. The lowest BCUT2D eigenvalue weighted by Gasteiger charge is -2.29. The molecule has 10 aliphatic rings. The zero-order valence-corrected chi connectivity index (χ0v) is 66.0. The molecule has 5 aliphatic carbocycles. The topological polar surface area (TPSA) is 214 Å². The number of rotatable bonds is 10. The van der Waals surface area contributed by atoms with E-state index in [1.807, 2.05) is 115 Å². The molecule has 25 rings (SSSR count). The summed E-state index contributed by atoms with van der Waals surface area (Å²) in [6.45, 7) is 7.59. The monoisotopic (exact) mass is 1620 g/mol. The number of hydrogen-bond donors (Lipinski definition) is 0. The van der Waals surface area contributed by atoms with Gasteiger partial charge in [-0.15, -0.1) is 0 Å². The van der Waals surface area contributed by atoms with E-state index in [-0.39, 0.29) is 47.0 Å². The van der Waals surface area contributed by atoms with Gasteiger partial charge in [0.2, 0.25) is 0 Å². The number of benzene rings is 4. The van der Waals surface area contributed by atoms with E-state index < -0.39 is 17.5 Å². The van der Waals surface area contributed by atoms with Crippen LogP contribution < -0.4 is 0 Å². The van der Waals surface area contributed by atoms with Crippen molar-refractivity contribution < 1.29 is 41.5 Å². The quantitative estimate of drug-likeness (QED) is 0.0927. The minimum Gasteiger partial charge on any atom is -0.333 e. The van der Waals surface area contributed by atoms with Gasteiger partial charge in [0.15, 0.2) is 17.5 Å². The second kappa shape index (κ2) is 29.9. The number of carbonyl (C=O) groups excluding carboxylic acids is 5. The van der Waals surface area contributed by atoms with Gasteiger partial charge < -0.3 is 47.3 Å². The fraction of sp³-hybridized carbons (Fsp3) is 0.266. The van der Waals surface area contributed by atoms with Crippen molar-refractivity contribution >= 4 is 96.0 Å². The molecule has 0 N–H and O–H groups in total. The average Bonchev–Trinajstić information content (AvgIpc) is 1.59. The third kappa shape index (κ3) is 12.9. The first kappa shape index (κ1) is 74.2. The highest BCUT2D eigenvalue weighted by molar-refractivity contribution is 7.08. The minimum atomic E-state index is -1.52. The van der Waals surface area contributed by atoms with Crippen molar-refractivity contribution in [2.24, 2.45) is 0 Å². The van der Waals surface area contributed by atoms with Crippen LogP contribution in [0, 0.1) is 34.6 Å². The molecule has 5 fully saturated rings. The molecule has 0 radical (unpaired) electrons. The van der Waals surface area contributed by atoms with E-state index in [1.165, 1.54) is 12.1 Å². The van der Waals surface area contributed by atoms with E-state index in [0.29, 0.717) is 70.9 Å². The second-order valence-corrected chi connectivity index (χ2v) is 33.0. The van der Waals surface area contributed by atoms with Crippen LogP contribution in [0.4, 0.5) is 17.6 Å². The van der Waals surface area contributed by atoms with Crippen molar-refractivity contribution in [3.8, 4) is 61.7 Å². The Hall–Kier alpha value is -13.4. The summed E-state index contributed by atoms with van der Waals surface area (Å²) < 4.78 is 65.2. The van der Waals surface area contributed by atoms with Crippen molar-refractivity contribution in [2.45, 2.75) is 127 Å². The van der Waals surface area contributed by atoms with E-state index in [4.69, 9.17) is 5.26 Å².